The molecule has 3 heterocycles. The first-order valence-corrected chi connectivity index (χ1v) is 12.1. The highest BCUT2D eigenvalue weighted by Gasteiger charge is 2.48. The number of urea groups is 1. The molecule has 1 fully saturated rings. The molecule has 1 unspecified atom stereocenters. The third kappa shape index (κ3) is 3.74. The smallest absolute Gasteiger partial charge is 0.345 e. The van der Waals surface area contributed by atoms with Gasteiger partial charge in [-0.3, -0.25) is 4.84 Å². The Morgan fingerprint density at radius 2 is 2.19 bits per heavy atom. The van der Waals surface area contributed by atoms with Crippen molar-refractivity contribution < 1.29 is 18.5 Å². The lowest BCUT2D eigenvalue weighted by atomic mass is 9.98. The quantitative estimate of drug-likeness (QED) is 0.524. The minimum Gasteiger partial charge on any atom is -0.444 e. The number of hydrogen-bond donors (Lipinski definition) is 0. The topological polar surface area (TPSA) is 68.0 Å². The molecule has 2 aliphatic rings. The van der Waals surface area contributed by atoms with Gasteiger partial charge in [0, 0.05) is 5.57 Å². The van der Waals surface area contributed by atoms with Gasteiger partial charge in [0.05, 0.1) is 32.0 Å². The van der Waals surface area contributed by atoms with E-state index in [-0.39, 0.29) is 29.8 Å². The normalized spacial score (nSPS) is 23.0. The molecule has 1 aromatic rings. The van der Waals surface area contributed by atoms with Crippen LogP contribution in [-0.2, 0) is 9.26 Å². The van der Waals surface area contributed by atoms with Crippen molar-refractivity contribution in [1.82, 2.24) is 14.9 Å². The number of fused-ring (bicyclic) bond motifs is 2. The van der Waals surface area contributed by atoms with Gasteiger partial charge < -0.3 is 13.7 Å². The van der Waals surface area contributed by atoms with E-state index in [1.807, 2.05) is 0 Å². The molecule has 148 valence electrons. The second-order valence-corrected chi connectivity index (χ2v) is 13.3. The summed E-state index contributed by atoms with van der Waals surface area (Å²) in [4.78, 5) is 24.4. The number of carbonyl (C=O) groups excluding carboxylic acids is 1. The molecule has 0 radical (unpaired) electrons. The Hall–Kier alpha value is -1.90. The fraction of sp³-hybridized carbons (Fsp3) is 0.579. The summed E-state index contributed by atoms with van der Waals surface area (Å²) in [6, 6.07) is -0.550. The highest BCUT2D eigenvalue weighted by Crippen LogP contribution is 2.39. The van der Waals surface area contributed by atoms with Gasteiger partial charge >= 0.3 is 6.03 Å². The van der Waals surface area contributed by atoms with Crippen LogP contribution in [0.25, 0.3) is 5.57 Å². The molecule has 0 N–H and O–H groups in total. The highest BCUT2D eigenvalue weighted by molar-refractivity contribution is 6.74. The van der Waals surface area contributed by atoms with E-state index < -0.39 is 8.32 Å². The van der Waals surface area contributed by atoms with E-state index in [9.17, 15) is 4.79 Å². The number of aromatic nitrogens is 1. The average Bonchev–Trinajstić information content (AvgIpc) is 3.21. The van der Waals surface area contributed by atoms with Crippen LogP contribution in [0, 0.1) is 0 Å². The predicted octanol–water partition coefficient (Wildman–Crippen LogP) is 3.69. The average molecular weight is 392 g/mol. The Labute approximate surface area is 161 Å². The Morgan fingerprint density at radius 3 is 2.78 bits per heavy atom. The molecule has 27 heavy (non-hydrogen) atoms. The summed E-state index contributed by atoms with van der Waals surface area (Å²) in [5.74, 6) is 0.652. The molecule has 8 heteroatoms. The molecule has 0 spiro atoms. The number of carbonyl (C=O) groups is 1. The van der Waals surface area contributed by atoms with E-state index >= 15 is 0 Å². The van der Waals surface area contributed by atoms with Crippen molar-refractivity contribution in [2.45, 2.75) is 51.0 Å². The summed E-state index contributed by atoms with van der Waals surface area (Å²) in [6.45, 7) is 16.0. The molecule has 2 atom stereocenters. The fourth-order valence-corrected chi connectivity index (χ4v) is 4.06. The molecular weight excluding hydrogens is 362 g/mol. The van der Waals surface area contributed by atoms with Crippen molar-refractivity contribution in [2.75, 3.05) is 19.8 Å². The molecule has 1 aromatic heterocycles. The standard InChI is InChI=1S/C19H29N3O4Si/c1-7-8-25-22-16-11-21(18(22)23)14(9-15(16)17-10-20-13-24-17)12-26-27(5,6)19(2,3)4/h7,9-10,13-14,16H,1,8,11-12H2,2-6H3/t14-,16?/m0/s1. The maximum absolute atomic E-state index is 12.9. The lowest BCUT2D eigenvalue weighted by Crippen LogP contribution is -2.47. The molecule has 2 aliphatic heterocycles. The van der Waals surface area contributed by atoms with Gasteiger partial charge in [0.15, 0.2) is 20.5 Å². The van der Waals surface area contributed by atoms with Crippen LogP contribution in [0.2, 0.25) is 18.1 Å². The zero-order valence-electron chi connectivity index (χ0n) is 16.8. The SMILES string of the molecule is C=CCON1C(=O)N2CC1C(c1cnco1)=C[C@H]2CO[Si](C)(C)C(C)(C)C. The maximum atomic E-state index is 12.9. The minimum absolute atomic E-state index is 0.107. The van der Waals surface area contributed by atoms with Gasteiger partial charge in [-0.2, -0.15) is 5.06 Å². The summed E-state index contributed by atoms with van der Waals surface area (Å²) >= 11 is 0. The maximum Gasteiger partial charge on any atom is 0.345 e. The van der Waals surface area contributed by atoms with Gasteiger partial charge in [-0.05, 0) is 18.1 Å². The molecule has 7 nitrogen and oxygen atoms in total. The number of hydrogen-bond acceptors (Lipinski definition) is 5. The van der Waals surface area contributed by atoms with Crippen molar-refractivity contribution in [3.63, 3.8) is 0 Å². The monoisotopic (exact) mass is 391 g/mol. The molecular formula is C19H29N3O4Si. The summed E-state index contributed by atoms with van der Waals surface area (Å²) in [5.41, 5.74) is 0.905. The molecule has 2 amide bonds. The molecule has 0 saturated carbocycles. The van der Waals surface area contributed by atoms with Crippen LogP contribution in [0.4, 0.5) is 4.79 Å². The first kappa shape index (κ1) is 19.8. The largest absolute Gasteiger partial charge is 0.444 e. The van der Waals surface area contributed by atoms with Crippen molar-refractivity contribution in [1.29, 1.82) is 0 Å². The number of amides is 2. The van der Waals surface area contributed by atoms with Gasteiger partial charge in [0.2, 0.25) is 0 Å². The van der Waals surface area contributed by atoms with Crippen molar-refractivity contribution >= 4 is 19.9 Å². The third-order valence-corrected chi connectivity index (χ3v) is 10.2. The van der Waals surface area contributed by atoms with Crippen LogP contribution < -0.4 is 0 Å². The summed E-state index contributed by atoms with van der Waals surface area (Å²) in [7, 11) is -1.93. The van der Waals surface area contributed by atoms with Crippen molar-refractivity contribution in [3.05, 3.63) is 37.1 Å². The first-order valence-electron chi connectivity index (χ1n) is 9.24. The van der Waals surface area contributed by atoms with Gasteiger partial charge in [-0.15, -0.1) is 6.58 Å². The summed E-state index contributed by atoms with van der Waals surface area (Å²) in [6.07, 6.45) is 6.74. The third-order valence-electron chi connectivity index (χ3n) is 5.69. The van der Waals surface area contributed by atoms with E-state index in [4.69, 9.17) is 13.7 Å². The van der Waals surface area contributed by atoms with Crippen LogP contribution in [0.1, 0.15) is 26.5 Å². The summed E-state index contributed by atoms with van der Waals surface area (Å²) < 4.78 is 11.9. The lowest BCUT2D eigenvalue weighted by molar-refractivity contribution is -0.106. The molecule has 3 rings (SSSR count). The second-order valence-electron chi connectivity index (χ2n) is 8.49. The molecule has 0 aromatic carbocycles. The Balaban J connectivity index is 1.86. The zero-order valence-corrected chi connectivity index (χ0v) is 17.8. The Morgan fingerprint density at radius 1 is 1.44 bits per heavy atom. The Bertz CT molecular complexity index is 724. The zero-order chi connectivity index (χ0) is 19.8. The van der Waals surface area contributed by atoms with Crippen molar-refractivity contribution in [3.8, 4) is 0 Å². The number of hydroxylamine groups is 2. The number of nitrogens with zero attached hydrogens (tertiary/aromatic N) is 3. The summed E-state index contributed by atoms with van der Waals surface area (Å²) in [5, 5.41) is 1.53. The highest BCUT2D eigenvalue weighted by atomic mass is 28.4. The van der Waals surface area contributed by atoms with Gasteiger partial charge in [-0.1, -0.05) is 32.9 Å². The van der Waals surface area contributed by atoms with E-state index in [2.05, 4.69) is 51.5 Å². The minimum atomic E-state index is -1.93. The molecule has 1 saturated heterocycles. The Kier molecular flexibility index (Phi) is 5.33. The number of oxazole rings is 1. The van der Waals surface area contributed by atoms with Gasteiger partial charge in [-0.25, -0.2) is 9.78 Å². The predicted molar refractivity (Wildman–Crippen MR) is 105 cm³/mol. The second kappa shape index (κ2) is 7.25. The van der Waals surface area contributed by atoms with Gasteiger partial charge in [0.1, 0.15) is 6.04 Å². The van der Waals surface area contributed by atoms with Crippen LogP contribution >= 0.6 is 0 Å². The van der Waals surface area contributed by atoms with Crippen LogP contribution in [-0.4, -0.2) is 61.1 Å². The first-order chi connectivity index (χ1) is 12.7. The van der Waals surface area contributed by atoms with Crippen LogP contribution in [0.5, 0.6) is 0 Å². The van der Waals surface area contributed by atoms with Gasteiger partial charge in [0.25, 0.3) is 0 Å². The number of rotatable bonds is 7. The van der Waals surface area contributed by atoms with E-state index in [1.54, 1.807) is 17.2 Å². The molecule has 0 aliphatic carbocycles. The lowest BCUT2D eigenvalue weighted by Gasteiger charge is -2.38. The van der Waals surface area contributed by atoms with Crippen LogP contribution in [0.15, 0.2) is 35.7 Å². The fourth-order valence-electron chi connectivity index (χ4n) is 3.04. The van der Waals surface area contributed by atoms with Crippen LogP contribution in [0.3, 0.4) is 0 Å². The van der Waals surface area contributed by atoms with E-state index in [1.165, 1.54) is 11.5 Å². The van der Waals surface area contributed by atoms with Crippen molar-refractivity contribution in [2.24, 2.45) is 0 Å². The van der Waals surface area contributed by atoms with E-state index in [0.717, 1.165) is 5.57 Å². The van der Waals surface area contributed by atoms with E-state index in [0.29, 0.717) is 18.9 Å². The molecule has 2 bridgehead atoms.